The van der Waals surface area contributed by atoms with Crippen molar-refractivity contribution in [1.82, 2.24) is 19.7 Å². The van der Waals surface area contributed by atoms with E-state index in [0.29, 0.717) is 30.6 Å². The zero-order chi connectivity index (χ0) is 25.1. The predicted octanol–water partition coefficient (Wildman–Crippen LogP) is 5.07. The molecule has 5 rings (SSSR count). The minimum absolute atomic E-state index is 0.0289. The lowest BCUT2D eigenvalue weighted by atomic mass is 9.93. The Bertz CT molecular complexity index is 1040. The van der Waals surface area contributed by atoms with E-state index in [2.05, 4.69) is 17.1 Å². The molecule has 7 nitrogen and oxygen atoms in total. The number of nitrogens with zero attached hydrogens (tertiary/aromatic N) is 3. The normalized spacial score (nSPS) is 26.0. The largest absolute Gasteiger partial charge is 0.463 e. The van der Waals surface area contributed by atoms with Crippen LogP contribution in [-0.4, -0.2) is 63.4 Å². The zero-order valence-electron chi connectivity index (χ0n) is 22.0. The third-order valence-electron chi connectivity index (χ3n) is 8.73. The molecule has 196 valence electrons. The summed E-state index contributed by atoms with van der Waals surface area (Å²) in [5.74, 6) is 0.621. The molecule has 3 aliphatic rings. The molecular weight excluding hydrogens is 452 g/mol. The van der Waals surface area contributed by atoms with Crippen molar-refractivity contribution in [3.8, 4) is 11.5 Å². The molecule has 2 amide bonds. The van der Waals surface area contributed by atoms with Crippen LogP contribution in [0.25, 0.3) is 11.5 Å². The van der Waals surface area contributed by atoms with Crippen molar-refractivity contribution in [3.05, 3.63) is 36.2 Å². The molecular formula is C29H42N4O3. The van der Waals surface area contributed by atoms with Gasteiger partial charge in [0.05, 0.1) is 18.5 Å². The van der Waals surface area contributed by atoms with Gasteiger partial charge in [0.25, 0.3) is 5.91 Å². The Morgan fingerprint density at radius 3 is 2.50 bits per heavy atom. The highest BCUT2D eigenvalue weighted by Gasteiger charge is 2.48. The number of furan rings is 1. The molecule has 2 fully saturated rings. The van der Waals surface area contributed by atoms with Crippen LogP contribution in [0, 0.1) is 0 Å². The van der Waals surface area contributed by atoms with Gasteiger partial charge in [0, 0.05) is 25.2 Å². The summed E-state index contributed by atoms with van der Waals surface area (Å²) in [6.45, 7) is 7.36. The van der Waals surface area contributed by atoms with Crippen LogP contribution in [0.15, 0.2) is 34.9 Å². The van der Waals surface area contributed by atoms with Crippen LogP contribution < -0.4 is 5.32 Å². The summed E-state index contributed by atoms with van der Waals surface area (Å²) >= 11 is 0. The van der Waals surface area contributed by atoms with Crippen molar-refractivity contribution >= 4 is 11.8 Å². The van der Waals surface area contributed by atoms with Gasteiger partial charge in [-0.3, -0.25) is 9.59 Å². The summed E-state index contributed by atoms with van der Waals surface area (Å²) in [7, 11) is 0. The molecule has 1 saturated heterocycles. The third-order valence-corrected chi connectivity index (χ3v) is 8.73. The second kappa shape index (κ2) is 10.8. The minimum atomic E-state index is -0.954. The summed E-state index contributed by atoms with van der Waals surface area (Å²) in [5, 5.41) is 3.36. The number of carbonyl (C=O) groups excluding carboxylic acids is 2. The summed E-state index contributed by atoms with van der Waals surface area (Å²) in [6, 6.07) is 8.36. The molecule has 2 unspecified atom stereocenters. The zero-order valence-corrected chi connectivity index (χ0v) is 22.0. The first-order valence-corrected chi connectivity index (χ1v) is 14.1. The van der Waals surface area contributed by atoms with Gasteiger partial charge in [-0.2, -0.15) is 0 Å². The van der Waals surface area contributed by atoms with Crippen LogP contribution in [0.4, 0.5) is 0 Å². The fourth-order valence-corrected chi connectivity index (χ4v) is 6.45. The maximum atomic E-state index is 14.0. The first kappa shape index (κ1) is 25.1. The van der Waals surface area contributed by atoms with Crippen LogP contribution >= 0.6 is 0 Å². The van der Waals surface area contributed by atoms with E-state index < -0.39 is 5.54 Å². The number of likely N-dealkylation sites (tertiary alicyclic amines) is 1. The molecule has 36 heavy (non-hydrogen) atoms. The summed E-state index contributed by atoms with van der Waals surface area (Å²) in [6.07, 6.45) is 13.1. The van der Waals surface area contributed by atoms with Gasteiger partial charge in [0.2, 0.25) is 5.91 Å². The highest BCUT2D eigenvalue weighted by molar-refractivity contribution is 6.00. The fraction of sp³-hybridized carbons (Fsp3) is 0.655. The van der Waals surface area contributed by atoms with Gasteiger partial charge in [-0.25, -0.2) is 0 Å². The summed E-state index contributed by atoms with van der Waals surface area (Å²) in [4.78, 5) is 32.2. The molecule has 1 saturated carbocycles. The van der Waals surface area contributed by atoms with Crippen molar-refractivity contribution in [2.45, 2.75) is 102 Å². The van der Waals surface area contributed by atoms with E-state index in [-0.39, 0.29) is 17.9 Å². The Labute approximate surface area is 215 Å². The molecule has 7 heteroatoms. The van der Waals surface area contributed by atoms with Crippen LogP contribution in [0.1, 0.15) is 88.5 Å². The minimum Gasteiger partial charge on any atom is -0.463 e. The molecule has 0 radical (unpaired) electrons. The number of fused-ring (bicyclic) bond motifs is 1. The second-order valence-corrected chi connectivity index (χ2v) is 11.3. The standard InChI is InChI=1S/C29H42N4O3/c1-22-11-7-8-17-31(22)18-10-19-33-27(34)25-16-15-24(26-14-9-20-36-26)32(25)21-29(33,2)28(35)30-23-12-5-3-4-6-13-23/h9,14-16,20,22-23H,3-8,10-13,17-19,21H2,1-2H3,(H,30,35). The van der Waals surface area contributed by atoms with Gasteiger partial charge in [-0.05, 0) is 76.8 Å². The van der Waals surface area contributed by atoms with E-state index in [4.69, 9.17) is 4.42 Å². The van der Waals surface area contributed by atoms with Crippen molar-refractivity contribution in [2.75, 3.05) is 19.6 Å². The quantitative estimate of drug-likeness (QED) is 0.546. The lowest BCUT2D eigenvalue weighted by Crippen LogP contribution is -2.65. The number of rotatable bonds is 7. The Morgan fingerprint density at radius 2 is 1.78 bits per heavy atom. The van der Waals surface area contributed by atoms with Gasteiger partial charge in [0.1, 0.15) is 17.0 Å². The number of hydrogen-bond acceptors (Lipinski definition) is 4. The van der Waals surface area contributed by atoms with Crippen molar-refractivity contribution in [2.24, 2.45) is 0 Å². The molecule has 1 N–H and O–H groups in total. The average molecular weight is 495 g/mol. The third kappa shape index (κ3) is 4.99. The van der Waals surface area contributed by atoms with Crippen LogP contribution in [0.3, 0.4) is 0 Å². The number of amides is 2. The van der Waals surface area contributed by atoms with E-state index in [1.165, 1.54) is 32.1 Å². The van der Waals surface area contributed by atoms with E-state index in [9.17, 15) is 9.59 Å². The molecule has 0 aromatic carbocycles. The lowest BCUT2D eigenvalue weighted by molar-refractivity contribution is -0.133. The maximum absolute atomic E-state index is 14.0. The Kier molecular flexibility index (Phi) is 7.56. The Hall–Kier alpha value is -2.54. The molecule has 2 atom stereocenters. The average Bonchev–Trinajstić information content (AvgIpc) is 3.47. The number of aromatic nitrogens is 1. The molecule has 0 spiro atoms. The molecule has 2 aromatic heterocycles. The van der Waals surface area contributed by atoms with Gasteiger partial charge in [-0.15, -0.1) is 0 Å². The highest BCUT2D eigenvalue weighted by Crippen LogP contribution is 2.34. The van der Waals surface area contributed by atoms with Crippen LogP contribution in [-0.2, 0) is 11.3 Å². The molecule has 1 aliphatic carbocycles. The monoisotopic (exact) mass is 494 g/mol. The smallest absolute Gasteiger partial charge is 0.271 e. The fourth-order valence-electron chi connectivity index (χ4n) is 6.45. The summed E-state index contributed by atoms with van der Waals surface area (Å²) < 4.78 is 7.64. The Morgan fingerprint density at radius 1 is 1.03 bits per heavy atom. The second-order valence-electron chi connectivity index (χ2n) is 11.3. The molecule has 4 heterocycles. The van der Waals surface area contributed by atoms with Crippen molar-refractivity contribution in [3.63, 3.8) is 0 Å². The highest BCUT2D eigenvalue weighted by atomic mass is 16.3. The van der Waals surface area contributed by atoms with Gasteiger partial charge in [0.15, 0.2) is 0 Å². The van der Waals surface area contributed by atoms with Crippen molar-refractivity contribution < 1.29 is 14.0 Å². The molecule has 2 aliphatic heterocycles. The number of carbonyl (C=O) groups is 2. The predicted molar refractivity (Wildman–Crippen MR) is 141 cm³/mol. The first-order valence-electron chi connectivity index (χ1n) is 14.1. The van der Waals surface area contributed by atoms with Crippen LogP contribution in [0.2, 0.25) is 0 Å². The topological polar surface area (TPSA) is 70.7 Å². The van der Waals surface area contributed by atoms with Crippen LogP contribution in [0.5, 0.6) is 0 Å². The summed E-state index contributed by atoms with van der Waals surface area (Å²) in [5.41, 5.74) is 0.524. The Balaban J connectivity index is 1.39. The van der Waals surface area contributed by atoms with E-state index in [0.717, 1.165) is 50.9 Å². The number of piperidine rings is 1. The molecule has 0 bridgehead atoms. The van der Waals surface area contributed by atoms with E-state index in [1.807, 2.05) is 40.7 Å². The SMILES string of the molecule is CC1CCCCN1CCCN1C(=O)c2ccc(-c3ccco3)n2CC1(C)C(=O)NC1CCCCCC1. The van der Waals surface area contributed by atoms with Gasteiger partial charge in [-0.1, -0.05) is 32.1 Å². The first-order chi connectivity index (χ1) is 17.5. The van der Waals surface area contributed by atoms with E-state index >= 15 is 0 Å². The van der Waals surface area contributed by atoms with Gasteiger partial charge >= 0.3 is 0 Å². The lowest BCUT2D eigenvalue weighted by Gasteiger charge is -2.45. The number of nitrogens with one attached hydrogen (secondary N) is 1. The van der Waals surface area contributed by atoms with Gasteiger partial charge < -0.3 is 24.1 Å². The molecule has 2 aromatic rings. The number of hydrogen-bond donors (Lipinski definition) is 1. The van der Waals surface area contributed by atoms with Crippen molar-refractivity contribution in [1.29, 1.82) is 0 Å². The van der Waals surface area contributed by atoms with E-state index in [1.54, 1.807) is 6.26 Å². The maximum Gasteiger partial charge on any atom is 0.271 e.